The first-order valence-electron chi connectivity index (χ1n) is 13.1. The lowest BCUT2D eigenvalue weighted by molar-refractivity contribution is -0.176. The van der Waals surface area contributed by atoms with Crippen LogP contribution in [0.15, 0.2) is 11.6 Å². The van der Waals surface area contributed by atoms with Crippen molar-refractivity contribution < 1.29 is 35.4 Å². The molecule has 0 aromatic rings. The van der Waals surface area contributed by atoms with Gasteiger partial charge in [-0.15, -0.1) is 0 Å². The van der Waals surface area contributed by atoms with Gasteiger partial charge in [-0.2, -0.15) is 0 Å². The van der Waals surface area contributed by atoms with Crippen molar-refractivity contribution in [1.82, 2.24) is 0 Å². The molecule has 0 aliphatic heterocycles. The Morgan fingerprint density at radius 3 is 2.44 bits per heavy atom. The second kappa shape index (κ2) is 8.63. The molecule has 7 heteroatoms. The Morgan fingerprint density at radius 1 is 1.12 bits per heavy atom. The van der Waals surface area contributed by atoms with Gasteiger partial charge in [0.25, 0.3) is 0 Å². The van der Waals surface area contributed by atoms with Crippen molar-refractivity contribution >= 4 is 5.78 Å². The molecular weight excluding hydrogens is 436 g/mol. The third-order valence-corrected chi connectivity index (χ3v) is 10.7. The normalized spacial score (nSPS) is 47.6. The average Bonchev–Trinajstić information content (AvgIpc) is 3.06. The number of aliphatic hydroxyl groups excluding tert-OH is 4. The predicted octanol–water partition coefficient (Wildman–Crippen LogP) is 1.71. The van der Waals surface area contributed by atoms with Gasteiger partial charge in [-0.1, -0.05) is 20.8 Å². The molecule has 11 atom stereocenters. The molecule has 34 heavy (non-hydrogen) atoms. The number of hydrogen-bond acceptors (Lipinski definition) is 7. The Kier molecular flexibility index (Phi) is 6.66. The van der Waals surface area contributed by atoms with Crippen LogP contribution in [0.4, 0.5) is 0 Å². The van der Waals surface area contributed by atoms with Crippen molar-refractivity contribution in [3.8, 4) is 0 Å². The van der Waals surface area contributed by atoms with Gasteiger partial charge in [-0.25, -0.2) is 0 Å². The van der Waals surface area contributed by atoms with Gasteiger partial charge >= 0.3 is 0 Å². The van der Waals surface area contributed by atoms with E-state index in [1.54, 1.807) is 13.0 Å². The van der Waals surface area contributed by atoms with Gasteiger partial charge in [0.1, 0.15) is 0 Å². The van der Waals surface area contributed by atoms with Gasteiger partial charge in [0, 0.05) is 17.9 Å². The summed E-state index contributed by atoms with van der Waals surface area (Å²) < 4.78 is 0. The summed E-state index contributed by atoms with van der Waals surface area (Å²) in [7, 11) is 0. The Morgan fingerprint density at radius 2 is 1.79 bits per heavy atom. The molecule has 0 radical (unpaired) electrons. The average molecular weight is 481 g/mol. The van der Waals surface area contributed by atoms with Crippen LogP contribution in [-0.2, 0) is 4.79 Å². The van der Waals surface area contributed by atoms with Crippen molar-refractivity contribution in [2.24, 2.45) is 34.5 Å². The van der Waals surface area contributed by atoms with Crippen LogP contribution in [0.3, 0.4) is 0 Å². The van der Waals surface area contributed by atoms with Crippen LogP contribution in [0.25, 0.3) is 0 Å². The van der Waals surface area contributed by atoms with Crippen LogP contribution < -0.4 is 0 Å². The van der Waals surface area contributed by atoms with Gasteiger partial charge in [0.2, 0.25) is 0 Å². The van der Waals surface area contributed by atoms with Gasteiger partial charge in [0.15, 0.2) is 5.78 Å². The zero-order chi connectivity index (χ0) is 25.3. The second-order valence-corrected chi connectivity index (χ2v) is 12.7. The van der Waals surface area contributed by atoms with E-state index in [0.717, 1.165) is 12.0 Å². The number of allylic oxidation sites excluding steroid dienone is 1. The van der Waals surface area contributed by atoms with Crippen molar-refractivity contribution in [1.29, 1.82) is 0 Å². The van der Waals surface area contributed by atoms with Crippen molar-refractivity contribution in [3.63, 3.8) is 0 Å². The number of carbonyl (C=O) groups is 1. The summed E-state index contributed by atoms with van der Waals surface area (Å²) in [4.78, 5) is 13.3. The summed E-state index contributed by atoms with van der Waals surface area (Å²) in [6, 6.07) is 0. The lowest BCUT2D eigenvalue weighted by atomic mass is 9.45. The topological polar surface area (TPSA) is 138 Å². The summed E-state index contributed by atoms with van der Waals surface area (Å²) in [5, 5.41) is 64.7. The van der Waals surface area contributed by atoms with Crippen molar-refractivity contribution in [2.45, 2.75) is 109 Å². The molecule has 0 saturated heterocycles. The van der Waals surface area contributed by atoms with Crippen molar-refractivity contribution in [3.05, 3.63) is 11.6 Å². The van der Waals surface area contributed by atoms with Gasteiger partial charge < -0.3 is 30.6 Å². The minimum atomic E-state index is -1.42. The fourth-order valence-electron chi connectivity index (χ4n) is 8.37. The molecule has 0 spiro atoms. The number of fused-ring (bicyclic) bond motifs is 5. The highest BCUT2D eigenvalue weighted by Gasteiger charge is 2.69. The number of aliphatic hydroxyl groups is 6. The molecule has 0 heterocycles. The number of carbonyl (C=O) groups excluding carboxylic acids is 1. The third-order valence-electron chi connectivity index (χ3n) is 10.7. The van der Waals surface area contributed by atoms with Gasteiger partial charge in [-0.3, -0.25) is 4.79 Å². The first-order chi connectivity index (χ1) is 15.7. The maximum absolute atomic E-state index is 13.3. The fraction of sp³-hybridized carbons (Fsp3) is 0.889. The van der Waals surface area contributed by atoms with Crippen LogP contribution >= 0.6 is 0 Å². The minimum Gasteiger partial charge on any atom is -0.396 e. The Hall–Kier alpha value is -0.830. The summed E-state index contributed by atoms with van der Waals surface area (Å²) in [6.45, 7) is 7.59. The monoisotopic (exact) mass is 480 g/mol. The van der Waals surface area contributed by atoms with Crippen LogP contribution in [0.2, 0.25) is 0 Å². The summed E-state index contributed by atoms with van der Waals surface area (Å²) in [6.07, 6.45) is 2.65. The van der Waals surface area contributed by atoms with E-state index in [9.17, 15) is 35.4 Å². The van der Waals surface area contributed by atoms with Gasteiger partial charge in [-0.05, 0) is 93.1 Å². The van der Waals surface area contributed by atoms with Crippen LogP contribution in [0, 0.1) is 34.5 Å². The quantitative estimate of drug-likeness (QED) is 0.340. The zero-order valence-corrected chi connectivity index (χ0v) is 21.1. The van der Waals surface area contributed by atoms with Crippen LogP contribution in [-0.4, -0.2) is 72.5 Å². The number of ketones is 1. The van der Waals surface area contributed by atoms with E-state index in [2.05, 4.69) is 0 Å². The molecule has 0 bridgehead atoms. The van der Waals surface area contributed by atoms with E-state index < -0.39 is 40.3 Å². The summed E-state index contributed by atoms with van der Waals surface area (Å²) in [5.41, 5.74) is -3.21. The first kappa shape index (κ1) is 26.2. The van der Waals surface area contributed by atoms with Gasteiger partial charge in [0.05, 0.1) is 29.5 Å². The van der Waals surface area contributed by atoms with E-state index >= 15 is 0 Å². The zero-order valence-electron chi connectivity index (χ0n) is 21.1. The molecule has 4 aliphatic rings. The highest BCUT2D eigenvalue weighted by Crippen LogP contribution is 2.68. The van der Waals surface area contributed by atoms with E-state index in [1.165, 1.54) is 0 Å². The van der Waals surface area contributed by atoms with E-state index in [-0.39, 0.29) is 42.5 Å². The molecule has 4 aliphatic carbocycles. The molecule has 0 amide bonds. The van der Waals surface area contributed by atoms with E-state index in [0.29, 0.717) is 38.5 Å². The van der Waals surface area contributed by atoms with Crippen molar-refractivity contribution in [2.75, 3.05) is 6.61 Å². The fourth-order valence-corrected chi connectivity index (χ4v) is 8.37. The predicted molar refractivity (Wildman–Crippen MR) is 127 cm³/mol. The molecule has 0 unspecified atom stereocenters. The molecular formula is C27H44O7. The Bertz CT molecular complexity index is 839. The third kappa shape index (κ3) is 3.65. The first-order valence-corrected chi connectivity index (χ1v) is 13.1. The highest BCUT2D eigenvalue weighted by atomic mass is 16.3. The molecule has 3 fully saturated rings. The molecule has 3 saturated carbocycles. The smallest absolute Gasteiger partial charge is 0.159 e. The number of rotatable bonds is 6. The van der Waals surface area contributed by atoms with Crippen LogP contribution in [0.1, 0.15) is 79.1 Å². The molecule has 0 aromatic carbocycles. The maximum atomic E-state index is 13.3. The summed E-state index contributed by atoms with van der Waals surface area (Å²) >= 11 is 0. The maximum Gasteiger partial charge on any atom is 0.159 e. The molecule has 4 rings (SSSR count). The summed E-state index contributed by atoms with van der Waals surface area (Å²) in [5.74, 6) is -0.859. The molecule has 194 valence electrons. The lowest BCUT2D eigenvalue weighted by Crippen LogP contribution is -2.62. The Balaban J connectivity index is 1.65. The Labute approximate surface area is 202 Å². The molecule has 6 N–H and O–H groups in total. The van der Waals surface area contributed by atoms with E-state index in [4.69, 9.17) is 0 Å². The second-order valence-electron chi connectivity index (χ2n) is 12.7. The van der Waals surface area contributed by atoms with E-state index in [1.807, 2.05) is 20.8 Å². The molecule has 0 aromatic heterocycles. The molecule has 7 nitrogen and oxygen atoms in total. The lowest BCUT2D eigenvalue weighted by Gasteiger charge is -2.60. The minimum absolute atomic E-state index is 0.0326. The SMILES string of the molecule is C[C@H](CO)CC[C@H](O)[C@](C)(O)[C@@H]1CC[C@@]2(O)C3=CC(=O)[C@@H]4C[C@@H](O)[C@@H](O)C[C@]4(C)[C@@H]3CC[C@]12C. The standard InChI is InChI=1S/C27H44O7/c1-15(14-28)5-6-23(32)26(4,33)22-8-10-27(34)17-11-19(29)18-12-20(30)21(31)13-24(18,2)16(17)7-9-25(22,27)3/h11,15-16,18,20-23,28,30-34H,5-10,12-14H2,1-4H3/t15-,16+,18-,20+,21-,22+,23-,24+,25+,26+,27+/m0/s1. The van der Waals surface area contributed by atoms with Crippen LogP contribution in [0.5, 0.6) is 0 Å². The highest BCUT2D eigenvalue weighted by molar-refractivity contribution is 5.95. The largest absolute Gasteiger partial charge is 0.396 e. The number of hydrogen-bond donors (Lipinski definition) is 6.